The maximum Gasteiger partial charge on any atom is 0.340 e. The maximum absolute atomic E-state index is 11.3. The summed E-state index contributed by atoms with van der Waals surface area (Å²) in [7, 11) is 0. The van der Waals surface area contributed by atoms with Gasteiger partial charge in [-0.2, -0.15) is 10.4 Å². The highest BCUT2D eigenvalue weighted by molar-refractivity contribution is 6.32. The highest BCUT2D eigenvalue weighted by Gasteiger charge is 2.29. The number of hydrogen-bond acceptors (Lipinski definition) is 3. The lowest BCUT2D eigenvalue weighted by Crippen LogP contribution is -2.04. The predicted octanol–water partition coefficient (Wildman–Crippen LogP) is 2.81. The minimum atomic E-state index is -1.04. The van der Waals surface area contributed by atoms with Gasteiger partial charge in [-0.1, -0.05) is 24.4 Å². The summed E-state index contributed by atoms with van der Waals surface area (Å²) in [4.78, 5) is 11.3. The van der Waals surface area contributed by atoms with Crippen molar-refractivity contribution in [3.63, 3.8) is 0 Å². The summed E-state index contributed by atoms with van der Waals surface area (Å²) < 4.78 is 1.43. The van der Waals surface area contributed by atoms with E-state index in [2.05, 4.69) is 5.10 Å². The van der Waals surface area contributed by atoms with E-state index in [1.807, 2.05) is 6.07 Å². The summed E-state index contributed by atoms with van der Waals surface area (Å²) in [6.45, 7) is 0.336. The third-order valence-corrected chi connectivity index (χ3v) is 3.69. The van der Waals surface area contributed by atoms with Gasteiger partial charge in [-0.25, -0.2) is 4.79 Å². The van der Waals surface area contributed by atoms with E-state index in [1.54, 1.807) is 0 Å². The number of carboxylic acid groups (broad SMARTS) is 1. The number of aryl methyl sites for hydroxylation is 1. The van der Waals surface area contributed by atoms with E-state index in [9.17, 15) is 9.90 Å². The van der Waals surface area contributed by atoms with E-state index < -0.39 is 5.97 Å². The summed E-state index contributed by atoms with van der Waals surface area (Å²) in [6.07, 6.45) is 4.40. The first-order valence-corrected chi connectivity index (χ1v) is 6.39. The Balaban J connectivity index is 2.37. The quantitative estimate of drug-likeness (QED) is 0.910. The first-order chi connectivity index (χ1) is 8.65. The Bertz CT molecular complexity index is 498. The lowest BCUT2D eigenvalue weighted by atomic mass is 10.0. The number of nitrogens with zero attached hydrogens (tertiary/aromatic N) is 3. The second kappa shape index (κ2) is 5.40. The summed E-state index contributed by atoms with van der Waals surface area (Å²) in [6, 6.07) is 2.00. The highest BCUT2D eigenvalue weighted by Crippen LogP contribution is 2.37. The molecule has 5 nitrogen and oxygen atoms in total. The first kappa shape index (κ1) is 12.9. The van der Waals surface area contributed by atoms with Crippen molar-refractivity contribution in [2.75, 3.05) is 0 Å². The topological polar surface area (TPSA) is 78.9 Å². The molecule has 0 spiro atoms. The summed E-state index contributed by atoms with van der Waals surface area (Å²) >= 11 is 6.05. The molecule has 0 saturated heterocycles. The molecule has 6 heteroatoms. The lowest BCUT2D eigenvalue weighted by molar-refractivity contribution is 0.0695. The van der Waals surface area contributed by atoms with Gasteiger partial charge in [0.2, 0.25) is 0 Å². The smallest absolute Gasteiger partial charge is 0.340 e. The van der Waals surface area contributed by atoms with E-state index in [4.69, 9.17) is 16.9 Å². The Morgan fingerprint density at radius 3 is 2.78 bits per heavy atom. The number of hydrogen-bond donors (Lipinski definition) is 1. The molecule has 1 aromatic heterocycles. The van der Waals surface area contributed by atoms with Crippen molar-refractivity contribution in [3.8, 4) is 6.07 Å². The average Bonchev–Trinajstić information content (AvgIpc) is 2.93. The van der Waals surface area contributed by atoms with Gasteiger partial charge in [-0.05, 0) is 12.8 Å². The van der Waals surface area contributed by atoms with E-state index in [0.29, 0.717) is 12.2 Å². The van der Waals surface area contributed by atoms with Crippen LogP contribution < -0.4 is 0 Å². The number of aromatic carboxylic acids is 1. The Kier molecular flexibility index (Phi) is 3.87. The Morgan fingerprint density at radius 2 is 2.22 bits per heavy atom. The number of nitriles is 1. The van der Waals surface area contributed by atoms with Crippen molar-refractivity contribution < 1.29 is 9.90 Å². The Morgan fingerprint density at radius 1 is 1.56 bits per heavy atom. The van der Waals surface area contributed by atoms with Gasteiger partial charge in [0.1, 0.15) is 10.7 Å². The summed E-state index contributed by atoms with van der Waals surface area (Å²) in [5.41, 5.74) is 0.699. The summed E-state index contributed by atoms with van der Waals surface area (Å²) in [5, 5.41) is 22.2. The van der Waals surface area contributed by atoms with E-state index in [1.165, 1.54) is 4.68 Å². The number of rotatable bonds is 4. The largest absolute Gasteiger partial charge is 0.478 e. The van der Waals surface area contributed by atoms with Crippen molar-refractivity contribution in [1.29, 1.82) is 5.26 Å². The lowest BCUT2D eigenvalue weighted by Gasteiger charge is -2.05. The Hall–Kier alpha value is -1.54. The Labute approximate surface area is 110 Å². The minimum absolute atomic E-state index is 0.113. The minimum Gasteiger partial charge on any atom is -0.478 e. The van der Waals surface area contributed by atoms with E-state index in [-0.39, 0.29) is 23.1 Å². The van der Waals surface area contributed by atoms with Crippen LogP contribution in [0.25, 0.3) is 0 Å². The van der Waals surface area contributed by atoms with Crippen LogP contribution >= 0.6 is 11.6 Å². The van der Waals surface area contributed by atoms with E-state index in [0.717, 1.165) is 25.7 Å². The summed E-state index contributed by atoms with van der Waals surface area (Å²) in [5.74, 6) is -0.845. The molecule has 0 amide bonds. The van der Waals surface area contributed by atoms with Crippen LogP contribution in [-0.4, -0.2) is 20.9 Å². The van der Waals surface area contributed by atoms with Crippen LogP contribution in [0.2, 0.25) is 5.15 Å². The third kappa shape index (κ3) is 2.34. The molecule has 1 heterocycles. The predicted molar refractivity (Wildman–Crippen MR) is 65.6 cm³/mol. The molecular formula is C12H14ClN3O2. The van der Waals surface area contributed by atoms with Gasteiger partial charge in [0.25, 0.3) is 0 Å². The van der Waals surface area contributed by atoms with Crippen LogP contribution in [0.5, 0.6) is 0 Å². The van der Waals surface area contributed by atoms with E-state index >= 15 is 0 Å². The fourth-order valence-electron chi connectivity index (χ4n) is 2.45. The molecule has 0 aromatic carbocycles. The van der Waals surface area contributed by atoms with Crippen molar-refractivity contribution in [2.24, 2.45) is 0 Å². The van der Waals surface area contributed by atoms with Gasteiger partial charge < -0.3 is 5.11 Å². The number of halogens is 1. The normalized spacial score (nSPS) is 15.8. The van der Waals surface area contributed by atoms with Gasteiger partial charge in [0, 0.05) is 5.92 Å². The number of carboxylic acids is 1. The zero-order valence-corrected chi connectivity index (χ0v) is 10.7. The molecule has 1 fully saturated rings. The number of aromatic nitrogens is 2. The van der Waals surface area contributed by atoms with Crippen LogP contribution in [0.1, 0.15) is 54.1 Å². The molecular weight excluding hydrogens is 254 g/mol. The zero-order chi connectivity index (χ0) is 13.1. The molecule has 1 saturated carbocycles. The molecule has 1 aliphatic rings. The monoisotopic (exact) mass is 267 g/mol. The second-order valence-corrected chi connectivity index (χ2v) is 4.83. The average molecular weight is 268 g/mol. The third-order valence-electron chi connectivity index (χ3n) is 3.31. The second-order valence-electron chi connectivity index (χ2n) is 4.47. The van der Waals surface area contributed by atoms with Gasteiger partial charge in [0.05, 0.1) is 24.7 Å². The maximum atomic E-state index is 11.3. The molecule has 1 aliphatic carbocycles. The fraction of sp³-hybridized carbons (Fsp3) is 0.583. The molecule has 0 radical (unpaired) electrons. The molecule has 0 atom stereocenters. The molecule has 1 aromatic rings. The van der Waals surface area contributed by atoms with Gasteiger partial charge >= 0.3 is 5.97 Å². The van der Waals surface area contributed by atoms with Crippen molar-refractivity contribution in [1.82, 2.24) is 9.78 Å². The molecule has 2 rings (SSSR count). The van der Waals surface area contributed by atoms with Gasteiger partial charge in [-0.15, -0.1) is 0 Å². The standard InChI is InChI=1S/C12H14ClN3O2/c13-11-9(12(17)18)10(8-4-1-2-5-8)15-16(11)7-3-6-14/h8H,1-5,7H2,(H,17,18). The molecule has 96 valence electrons. The number of carbonyl (C=O) groups is 1. The fourth-order valence-corrected chi connectivity index (χ4v) is 2.75. The van der Waals surface area contributed by atoms with Gasteiger partial charge in [-0.3, -0.25) is 4.68 Å². The first-order valence-electron chi connectivity index (χ1n) is 6.01. The molecule has 0 bridgehead atoms. The molecule has 0 aliphatic heterocycles. The highest BCUT2D eigenvalue weighted by atomic mass is 35.5. The van der Waals surface area contributed by atoms with Crippen LogP contribution in [0.3, 0.4) is 0 Å². The zero-order valence-electron chi connectivity index (χ0n) is 9.90. The molecule has 18 heavy (non-hydrogen) atoms. The molecule has 1 N–H and O–H groups in total. The van der Waals surface area contributed by atoms with Crippen molar-refractivity contribution in [3.05, 3.63) is 16.4 Å². The van der Waals surface area contributed by atoms with Crippen LogP contribution in [0.15, 0.2) is 0 Å². The van der Waals surface area contributed by atoms with Crippen LogP contribution in [0.4, 0.5) is 0 Å². The molecule has 0 unspecified atom stereocenters. The van der Waals surface area contributed by atoms with Crippen molar-refractivity contribution >= 4 is 17.6 Å². The SMILES string of the molecule is N#CCCn1nc(C2CCCC2)c(C(=O)O)c1Cl. The van der Waals surface area contributed by atoms with Crippen LogP contribution in [-0.2, 0) is 6.54 Å². The van der Waals surface area contributed by atoms with Crippen LogP contribution in [0, 0.1) is 11.3 Å². The van der Waals surface area contributed by atoms with Gasteiger partial charge in [0.15, 0.2) is 0 Å². The van der Waals surface area contributed by atoms with Crippen molar-refractivity contribution in [2.45, 2.75) is 44.6 Å².